The Morgan fingerprint density at radius 2 is 0.789 bits per heavy atom. The van der Waals surface area contributed by atoms with Crippen LogP contribution in [0.1, 0.15) is 206 Å². The van der Waals surface area contributed by atoms with Gasteiger partial charge in [-0.1, -0.05) is 181 Å². The number of aliphatic hydroxyl groups is 5. The van der Waals surface area contributed by atoms with Crippen molar-refractivity contribution < 1.29 is 63.1 Å². The highest BCUT2D eigenvalue weighted by Gasteiger charge is 2.51. The van der Waals surface area contributed by atoms with Crippen molar-refractivity contribution in [3.63, 3.8) is 0 Å². The van der Waals surface area contributed by atoms with Crippen molar-refractivity contribution in [1.29, 1.82) is 0 Å². The molecule has 57 heavy (non-hydrogen) atoms. The first-order valence-corrected chi connectivity index (χ1v) is 24.3. The molecule has 6 N–H and O–H groups in total. The maximum Gasteiger partial charge on any atom is 0.472 e. The number of hydrogen-bond donors (Lipinski definition) is 6. The predicted molar refractivity (Wildman–Crippen MR) is 221 cm³/mol. The van der Waals surface area contributed by atoms with E-state index in [1.54, 1.807) is 0 Å². The van der Waals surface area contributed by atoms with Crippen molar-refractivity contribution >= 4 is 19.8 Å². The maximum absolute atomic E-state index is 12.8. The molecule has 6 unspecified atom stereocenters. The van der Waals surface area contributed by atoms with E-state index < -0.39 is 75.7 Å². The SMILES string of the molecule is CCCCCCCCCCCCCCCCCCCCCCC(=O)O[C@H](COC(=O)CCCCCCCCCC)COP(=O)(O)OC1C(O)C(O)C(O)[C@H](O)C1O. The van der Waals surface area contributed by atoms with Crippen LogP contribution in [0.2, 0.25) is 0 Å². The summed E-state index contributed by atoms with van der Waals surface area (Å²) in [6, 6.07) is 0. The van der Waals surface area contributed by atoms with Gasteiger partial charge in [-0.25, -0.2) is 4.57 Å². The van der Waals surface area contributed by atoms with E-state index in [0.29, 0.717) is 12.8 Å². The van der Waals surface area contributed by atoms with Crippen LogP contribution in [0.25, 0.3) is 0 Å². The van der Waals surface area contributed by atoms with E-state index >= 15 is 0 Å². The van der Waals surface area contributed by atoms with Crippen molar-refractivity contribution in [3.8, 4) is 0 Å². The first kappa shape index (κ1) is 53.9. The molecule has 1 rings (SSSR count). The van der Waals surface area contributed by atoms with Crippen LogP contribution in [0.5, 0.6) is 0 Å². The topological polar surface area (TPSA) is 210 Å². The molecule has 1 aliphatic rings. The van der Waals surface area contributed by atoms with E-state index in [0.717, 1.165) is 38.5 Å². The monoisotopic (exact) mass is 839 g/mol. The van der Waals surface area contributed by atoms with Crippen molar-refractivity contribution in [3.05, 3.63) is 0 Å². The van der Waals surface area contributed by atoms with E-state index in [4.69, 9.17) is 18.5 Å². The number of rotatable bonds is 38. The summed E-state index contributed by atoms with van der Waals surface area (Å²) in [6.07, 6.45) is 20.5. The number of carbonyl (C=O) groups excluding carboxylic acids is 2. The molecule has 1 aliphatic carbocycles. The van der Waals surface area contributed by atoms with Gasteiger partial charge in [-0.3, -0.25) is 18.6 Å². The van der Waals surface area contributed by atoms with Crippen molar-refractivity contribution in [2.24, 2.45) is 0 Å². The summed E-state index contributed by atoms with van der Waals surface area (Å²) in [4.78, 5) is 35.5. The third-order valence-electron chi connectivity index (χ3n) is 10.9. The van der Waals surface area contributed by atoms with Crippen LogP contribution in [0.4, 0.5) is 0 Å². The molecular formula is C43H83O13P. The molecule has 338 valence electrons. The zero-order valence-electron chi connectivity index (χ0n) is 35.7. The van der Waals surface area contributed by atoms with Crippen LogP contribution in [0, 0.1) is 0 Å². The molecule has 0 spiro atoms. The van der Waals surface area contributed by atoms with Crippen LogP contribution in [0.15, 0.2) is 0 Å². The Morgan fingerprint density at radius 3 is 1.16 bits per heavy atom. The Morgan fingerprint density at radius 1 is 0.474 bits per heavy atom. The Hall–Kier alpha value is -1.15. The summed E-state index contributed by atoms with van der Waals surface area (Å²) < 4.78 is 33.4. The lowest BCUT2D eigenvalue weighted by molar-refractivity contribution is -0.220. The van der Waals surface area contributed by atoms with E-state index in [2.05, 4.69) is 13.8 Å². The summed E-state index contributed by atoms with van der Waals surface area (Å²) in [5, 5.41) is 50.0. The number of aliphatic hydroxyl groups excluding tert-OH is 5. The number of unbranched alkanes of at least 4 members (excludes halogenated alkanes) is 26. The molecule has 0 aromatic rings. The highest BCUT2D eigenvalue weighted by molar-refractivity contribution is 7.47. The summed E-state index contributed by atoms with van der Waals surface area (Å²) in [5.74, 6) is -1.09. The maximum atomic E-state index is 12.8. The minimum atomic E-state index is -5.10. The minimum absolute atomic E-state index is 0.105. The van der Waals surface area contributed by atoms with Crippen LogP contribution < -0.4 is 0 Å². The number of carbonyl (C=O) groups is 2. The zero-order valence-corrected chi connectivity index (χ0v) is 36.6. The molecular weight excluding hydrogens is 755 g/mol. The molecule has 0 amide bonds. The smallest absolute Gasteiger partial charge is 0.462 e. The quantitative estimate of drug-likeness (QED) is 0.0196. The van der Waals surface area contributed by atoms with E-state index in [1.165, 1.54) is 128 Å². The normalized spacial score (nSPS) is 22.6. The van der Waals surface area contributed by atoms with Gasteiger partial charge in [-0.05, 0) is 12.8 Å². The first-order valence-electron chi connectivity index (χ1n) is 22.8. The minimum Gasteiger partial charge on any atom is -0.462 e. The zero-order chi connectivity index (χ0) is 42.2. The highest BCUT2D eigenvalue weighted by Crippen LogP contribution is 2.47. The second kappa shape index (κ2) is 34.6. The molecule has 1 saturated carbocycles. The molecule has 14 heteroatoms. The van der Waals surface area contributed by atoms with Gasteiger partial charge in [-0.15, -0.1) is 0 Å². The van der Waals surface area contributed by atoms with E-state index in [9.17, 15) is 44.6 Å². The molecule has 0 aromatic heterocycles. The fraction of sp³-hybridized carbons (Fsp3) is 0.953. The van der Waals surface area contributed by atoms with Gasteiger partial charge < -0.3 is 39.9 Å². The molecule has 1 fully saturated rings. The van der Waals surface area contributed by atoms with Crippen LogP contribution in [-0.2, 0) is 32.7 Å². The number of phosphoric acid groups is 1. The highest BCUT2D eigenvalue weighted by atomic mass is 31.2. The second-order valence-corrected chi connectivity index (χ2v) is 17.7. The average Bonchev–Trinajstić information content (AvgIpc) is 3.19. The summed E-state index contributed by atoms with van der Waals surface area (Å²) >= 11 is 0. The molecule has 0 aromatic carbocycles. The van der Waals surface area contributed by atoms with Gasteiger partial charge in [0, 0.05) is 12.8 Å². The molecule has 0 heterocycles. The van der Waals surface area contributed by atoms with E-state index in [1.807, 2.05) is 0 Å². The molecule has 0 saturated heterocycles. The fourth-order valence-electron chi connectivity index (χ4n) is 7.23. The van der Waals surface area contributed by atoms with Gasteiger partial charge in [0.15, 0.2) is 6.10 Å². The molecule has 0 bridgehead atoms. The van der Waals surface area contributed by atoms with Crippen molar-refractivity contribution in [2.45, 2.75) is 249 Å². The number of phosphoric ester groups is 1. The van der Waals surface area contributed by atoms with Gasteiger partial charge in [0.25, 0.3) is 0 Å². The Kier molecular flexibility index (Phi) is 32.7. The van der Waals surface area contributed by atoms with Crippen molar-refractivity contribution in [2.75, 3.05) is 13.2 Å². The second-order valence-electron chi connectivity index (χ2n) is 16.3. The summed E-state index contributed by atoms with van der Waals surface area (Å²) in [7, 11) is -5.10. The Labute approximate surface area is 344 Å². The predicted octanol–water partition coefficient (Wildman–Crippen LogP) is 8.50. The molecule has 0 aliphatic heterocycles. The summed E-state index contributed by atoms with van der Waals surface area (Å²) in [5.41, 5.74) is 0. The third-order valence-corrected chi connectivity index (χ3v) is 11.9. The van der Waals surface area contributed by atoms with Crippen LogP contribution in [0.3, 0.4) is 0 Å². The fourth-order valence-corrected chi connectivity index (χ4v) is 8.20. The number of hydrogen-bond acceptors (Lipinski definition) is 12. The summed E-state index contributed by atoms with van der Waals surface area (Å²) in [6.45, 7) is 3.27. The standard InChI is InChI=1S/C43H83O13P/c1-3-5-7-9-11-13-14-15-16-17-18-19-20-21-22-23-24-26-28-30-32-37(45)55-35(33-53-36(44)31-29-27-25-12-10-8-6-4-2)34-54-57(51,52)56-43-41(49)39(47)38(46)40(48)42(43)50/h35,38-43,46-50H,3-34H2,1-2H3,(H,51,52)/t35-,38?,39+,40?,41?,42?,43?/m1/s1. The van der Waals surface area contributed by atoms with Gasteiger partial charge in [0.2, 0.25) is 0 Å². The average molecular weight is 839 g/mol. The van der Waals surface area contributed by atoms with E-state index in [-0.39, 0.29) is 12.8 Å². The Balaban J connectivity index is 2.37. The Bertz CT molecular complexity index is 1020. The van der Waals surface area contributed by atoms with Gasteiger partial charge in [-0.2, -0.15) is 0 Å². The third kappa shape index (κ3) is 27.3. The van der Waals surface area contributed by atoms with Gasteiger partial charge in [0.05, 0.1) is 6.61 Å². The van der Waals surface area contributed by atoms with Crippen molar-refractivity contribution in [1.82, 2.24) is 0 Å². The van der Waals surface area contributed by atoms with Gasteiger partial charge >= 0.3 is 19.8 Å². The lowest BCUT2D eigenvalue weighted by Crippen LogP contribution is -2.64. The lowest BCUT2D eigenvalue weighted by Gasteiger charge is -2.41. The van der Waals surface area contributed by atoms with Crippen LogP contribution >= 0.6 is 7.82 Å². The number of esters is 2. The van der Waals surface area contributed by atoms with Gasteiger partial charge in [0.1, 0.15) is 43.2 Å². The largest absolute Gasteiger partial charge is 0.472 e. The lowest BCUT2D eigenvalue weighted by atomic mass is 9.85. The number of ether oxygens (including phenoxy) is 2. The molecule has 13 nitrogen and oxygen atoms in total. The molecule has 8 atom stereocenters. The first-order chi connectivity index (χ1) is 27.4. The molecule has 0 radical (unpaired) electrons. The van der Waals surface area contributed by atoms with Crippen LogP contribution in [-0.4, -0.2) is 98.3 Å².